The molecule has 0 radical (unpaired) electrons. The van der Waals surface area contributed by atoms with Gasteiger partial charge < -0.3 is 10.6 Å². The number of nitro benzene ring substituents is 1. The van der Waals surface area contributed by atoms with E-state index in [1.54, 1.807) is 12.1 Å². The summed E-state index contributed by atoms with van der Waals surface area (Å²) in [5, 5.41) is 16.3. The molecule has 0 bridgehead atoms. The average molecular weight is 486 g/mol. The van der Waals surface area contributed by atoms with Crippen LogP contribution >= 0.6 is 27.7 Å². The van der Waals surface area contributed by atoms with Gasteiger partial charge in [0.05, 0.1) is 16.4 Å². The van der Waals surface area contributed by atoms with Gasteiger partial charge in [-0.1, -0.05) is 12.1 Å². The van der Waals surface area contributed by atoms with E-state index >= 15 is 0 Å². The summed E-state index contributed by atoms with van der Waals surface area (Å²) in [5.74, 6) is -0.240. The van der Waals surface area contributed by atoms with Crippen LogP contribution in [0.25, 0.3) is 0 Å². The maximum Gasteiger partial charge on any atom is 0.269 e. The molecule has 0 aliphatic rings. The van der Waals surface area contributed by atoms with E-state index in [1.165, 1.54) is 36.0 Å². The predicted octanol–water partition coefficient (Wildman–Crippen LogP) is 5.34. The van der Waals surface area contributed by atoms with Crippen LogP contribution in [0, 0.1) is 10.1 Å². The number of non-ortho nitro benzene ring substituents is 1. The van der Waals surface area contributed by atoms with Crippen LogP contribution in [0.5, 0.6) is 0 Å². The fourth-order valence-electron chi connectivity index (χ4n) is 2.47. The Labute approximate surface area is 185 Å². The second-order valence-corrected chi connectivity index (χ2v) is 8.00. The van der Waals surface area contributed by atoms with Gasteiger partial charge >= 0.3 is 0 Å². The van der Waals surface area contributed by atoms with Crippen LogP contribution in [0.15, 0.2) is 82.2 Å². The van der Waals surface area contributed by atoms with E-state index in [2.05, 4.69) is 26.6 Å². The Morgan fingerprint density at radius 1 is 0.933 bits per heavy atom. The minimum atomic E-state index is -0.517. The summed E-state index contributed by atoms with van der Waals surface area (Å²) in [6.45, 7) is 0. The molecule has 2 amide bonds. The molecule has 0 aromatic heterocycles. The lowest BCUT2D eigenvalue weighted by Gasteiger charge is -2.08. The molecular formula is C21H16BrN3O4S. The van der Waals surface area contributed by atoms with Crippen molar-refractivity contribution in [2.75, 3.05) is 16.4 Å². The van der Waals surface area contributed by atoms with E-state index in [1.807, 2.05) is 36.4 Å². The highest BCUT2D eigenvalue weighted by molar-refractivity contribution is 9.10. The van der Waals surface area contributed by atoms with Gasteiger partial charge in [-0.2, -0.15) is 0 Å². The van der Waals surface area contributed by atoms with Crippen molar-refractivity contribution >= 4 is 56.6 Å². The molecule has 0 spiro atoms. The molecule has 3 rings (SSSR count). The van der Waals surface area contributed by atoms with E-state index < -0.39 is 4.92 Å². The first-order valence-corrected chi connectivity index (χ1v) is 10.5. The van der Waals surface area contributed by atoms with Crippen molar-refractivity contribution in [1.29, 1.82) is 0 Å². The van der Waals surface area contributed by atoms with Crippen LogP contribution in [0.2, 0.25) is 0 Å². The number of para-hydroxylation sites is 1. The molecule has 0 unspecified atom stereocenters. The van der Waals surface area contributed by atoms with E-state index in [0.717, 1.165) is 9.37 Å². The summed E-state index contributed by atoms with van der Waals surface area (Å²) < 4.78 is 0.816. The molecule has 9 heteroatoms. The van der Waals surface area contributed by atoms with Crippen molar-refractivity contribution in [2.45, 2.75) is 4.90 Å². The number of anilines is 2. The van der Waals surface area contributed by atoms with Gasteiger partial charge in [-0.15, -0.1) is 11.8 Å². The second kappa shape index (κ2) is 10.0. The Kier molecular flexibility index (Phi) is 7.21. The molecule has 0 fully saturated rings. The average Bonchev–Trinajstić information content (AvgIpc) is 2.75. The third kappa shape index (κ3) is 5.91. The van der Waals surface area contributed by atoms with Gasteiger partial charge in [0.15, 0.2) is 0 Å². The van der Waals surface area contributed by atoms with Gasteiger partial charge in [0.2, 0.25) is 5.91 Å². The number of carbonyl (C=O) groups is 2. The summed E-state index contributed by atoms with van der Waals surface area (Å²) in [4.78, 5) is 35.4. The maximum atomic E-state index is 12.3. The van der Waals surface area contributed by atoms with Gasteiger partial charge in [0.25, 0.3) is 11.6 Å². The molecule has 0 saturated heterocycles. The number of hydrogen-bond donors (Lipinski definition) is 2. The number of amides is 2. The lowest BCUT2D eigenvalue weighted by molar-refractivity contribution is -0.384. The van der Waals surface area contributed by atoms with Crippen molar-refractivity contribution in [3.63, 3.8) is 0 Å². The molecule has 7 nitrogen and oxygen atoms in total. The van der Waals surface area contributed by atoms with Crippen LogP contribution in [0.4, 0.5) is 17.1 Å². The minimum Gasteiger partial charge on any atom is -0.324 e. The van der Waals surface area contributed by atoms with E-state index in [4.69, 9.17) is 0 Å². The molecule has 3 aromatic carbocycles. The Hall–Kier alpha value is -3.17. The number of nitrogens with zero attached hydrogens (tertiary/aromatic N) is 1. The van der Waals surface area contributed by atoms with Crippen LogP contribution in [0.1, 0.15) is 10.4 Å². The number of rotatable bonds is 7. The SMILES string of the molecule is O=C(CSc1ccc(NC(=O)c2ccc([N+](=O)[O-])cc2)cc1)Nc1ccccc1Br. The molecule has 0 aliphatic carbocycles. The summed E-state index contributed by atoms with van der Waals surface area (Å²) in [5.41, 5.74) is 1.55. The van der Waals surface area contributed by atoms with Crippen molar-refractivity contribution < 1.29 is 14.5 Å². The highest BCUT2D eigenvalue weighted by atomic mass is 79.9. The van der Waals surface area contributed by atoms with Crippen LogP contribution in [0.3, 0.4) is 0 Å². The highest BCUT2D eigenvalue weighted by Crippen LogP contribution is 2.24. The lowest BCUT2D eigenvalue weighted by Crippen LogP contribution is -2.14. The molecule has 0 saturated carbocycles. The zero-order valence-corrected chi connectivity index (χ0v) is 17.9. The zero-order valence-electron chi connectivity index (χ0n) is 15.5. The highest BCUT2D eigenvalue weighted by Gasteiger charge is 2.10. The fourth-order valence-corrected chi connectivity index (χ4v) is 3.55. The Bertz CT molecular complexity index is 1070. The van der Waals surface area contributed by atoms with Gasteiger partial charge in [-0.25, -0.2) is 0 Å². The molecule has 0 atom stereocenters. The molecule has 152 valence electrons. The molecule has 30 heavy (non-hydrogen) atoms. The Morgan fingerprint density at radius 2 is 1.60 bits per heavy atom. The number of hydrogen-bond acceptors (Lipinski definition) is 5. The van der Waals surface area contributed by atoms with Crippen LogP contribution in [-0.4, -0.2) is 22.5 Å². The third-order valence-corrected chi connectivity index (χ3v) is 5.67. The van der Waals surface area contributed by atoms with E-state index in [0.29, 0.717) is 16.9 Å². The first-order valence-electron chi connectivity index (χ1n) is 8.75. The van der Waals surface area contributed by atoms with E-state index in [9.17, 15) is 19.7 Å². The topological polar surface area (TPSA) is 101 Å². The molecule has 0 aliphatic heterocycles. The normalized spacial score (nSPS) is 10.3. The van der Waals surface area contributed by atoms with Gasteiger partial charge in [0, 0.05) is 32.8 Å². The summed E-state index contributed by atoms with van der Waals surface area (Å²) >= 11 is 4.77. The molecule has 2 N–H and O–H groups in total. The van der Waals surface area contributed by atoms with Gasteiger partial charge in [-0.05, 0) is 64.5 Å². The largest absolute Gasteiger partial charge is 0.324 e. The molecule has 0 heterocycles. The van der Waals surface area contributed by atoms with Crippen molar-refractivity contribution in [3.8, 4) is 0 Å². The van der Waals surface area contributed by atoms with Crippen molar-refractivity contribution in [3.05, 3.63) is 92.9 Å². The Morgan fingerprint density at radius 3 is 2.23 bits per heavy atom. The number of nitro groups is 1. The minimum absolute atomic E-state index is 0.0726. The van der Waals surface area contributed by atoms with Crippen molar-refractivity contribution in [2.24, 2.45) is 0 Å². The summed E-state index contributed by atoms with van der Waals surface area (Å²) in [6.07, 6.45) is 0. The summed E-state index contributed by atoms with van der Waals surface area (Å²) in [6, 6.07) is 19.8. The zero-order chi connectivity index (χ0) is 21.5. The number of thioether (sulfide) groups is 1. The third-order valence-electron chi connectivity index (χ3n) is 3.97. The number of benzene rings is 3. The fraction of sp³-hybridized carbons (Fsp3) is 0.0476. The van der Waals surface area contributed by atoms with Crippen LogP contribution < -0.4 is 10.6 Å². The number of nitrogens with one attached hydrogen (secondary N) is 2. The first-order chi connectivity index (χ1) is 14.4. The lowest BCUT2D eigenvalue weighted by atomic mass is 10.2. The smallest absolute Gasteiger partial charge is 0.269 e. The van der Waals surface area contributed by atoms with Crippen molar-refractivity contribution in [1.82, 2.24) is 0 Å². The Balaban J connectivity index is 1.52. The maximum absolute atomic E-state index is 12.3. The molecular weight excluding hydrogens is 470 g/mol. The monoisotopic (exact) mass is 485 g/mol. The molecule has 3 aromatic rings. The number of halogens is 1. The predicted molar refractivity (Wildman–Crippen MR) is 121 cm³/mol. The standard InChI is InChI=1S/C21H16BrN3O4S/c22-18-3-1-2-4-19(18)24-20(26)13-30-17-11-7-15(8-12-17)23-21(27)14-5-9-16(10-6-14)25(28)29/h1-12H,13H2,(H,23,27)(H,24,26). The number of carbonyl (C=O) groups excluding carboxylic acids is 2. The van der Waals surface area contributed by atoms with E-state index in [-0.39, 0.29) is 23.3 Å². The summed E-state index contributed by atoms with van der Waals surface area (Å²) in [7, 11) is 0. The van der Waals surface area contributed by atoms with Gasteiger partial charge in [-0.3, -0.25) is 19.7 Å². The van der Waals surface area contributed by atoms with Gasteiger partial charge in [0.1, 0.15) is 0 Å². The first kappa shape index (κ1) is 21.5. The second-order valence-electron chi connectivity index (χ2n) is 6.10. The van der Waals surface area contributed by atoms with Crippen LogP contribution in [-0.2, 0) is 4.79 Å². The quantitative estimate of drug-likeness (QED) is 0.267.